The van der Waals surface area contributed by atoms with Gasteiger partial charge in [-0.2, -0.15) is 0 Å². The third-order valence-electron chi connectivity index (χ3n) is 1.10. The van der Waals surface area contributed by atoms with E-state index in [4.69, 9.17) is 11.6 Å². The van der Waals surface area contributed by atoms with Crippen LogP contribution >= 0.6 is 11.6 Å². The van der Waals surface area contributed by atoms with Gasteiger partial charge in [0.25, 0.3) is 0 Å². The number of halogens is 1. The number of amides is 1. The molecule has 0 aliphatic heterocycles. The average Bonchev–Trinajstić information content (AvgIpc) is 1.87. The Hall–Kier alpha value is -0.570. The van der Waals surface area contributed by atoms with Crippen molar-refractivity contribution in [3.05, 3.63) is 0 Å². The standard InChI is InChI=1S/C6H10ClNO2/c1-5(9)8(2)4-6(10)3-7/h3-4H2,1-2H3. The van der Waals surface area contributed by atoms with Gasteiger partial charge in [-0.3, -0.25) is 9.59 Å². The molecule has 0 bridgehead atoms. The molecule has 0 N–H and O–H groups in total. The van der Waals surface area contributed by atoms with Gasteiger partial charge < -0.3 is 4.90 Å². The van der Waals surface area contributed by atoms with Crippen LogP contribution in [0.2, 0.25) is 0 Å². The van der Waals surface area contributed by atoms with Gasteiger partial charge in [0.2, 0.25) is 5.91 Å². The summed E-state index contributed by atoms with van der Waals surface area (Å²) < 4.78 is 0. The maximum absolute atomic E-state index is 10.6. The van der Waals surface area contributed by atoms with Crippen molar-refractivity contribution >= 4 is 23.3 Å². The molecule has 3 nitrogen and oxygen atoms in total. The van der Waals surface area contributed by atoms with Crippen LogP contribution in [0.25, 0.3) is 0 Å². The summed E-state index contributed by atoms with van der Waals surface area (Å²) in [6.07, 6.45) is 0. The van der Waals surface area contributed by atoms with Crippen LogP contribution in [0.1, 0.15) is 6.92 Å². The monoisotopic (exact) mass is 163 g/mol. The highest BCUT2D eigenvalue weighted by Crippen LogP contribution is 1.86. The fraction of sp³-hybridized carbons (Fsp3) is 0.667. The highest BCUT2D eigenvalue weighted by atomic mass is 35.5. The van der Waals surface area contributed by atoms with Crippen LogP contribution in [-0.4, -0.2) is 36.1 Å². The summed E-state index contributed by atoms with van der Waals surface area (Å²) in [7, 11) is 1.56. The van der Waals surface area contributed by atoms with Crippen LogP contribution < -0.4 is 0 Å². The Kier molecular flexibility index (Phi) is 4.03. The van der Waals surface area contributed by atoms with Crippen molar-refractivity contribution in [3.8, 4) is 0 Å². The highest BCUT2D eigenvalue weighted by molar-refractivity contribution is 6.28. The predicted molar refractivity (Wildman–Crippen MR) is 39.0 cm³/mol. The highest BCUT2D eigenvalue weighted by Gasteiger charge is 2.06. The number of hydrogen-bond acceptors (Lipinski definition) is 2. The molecular formula is C6H10ClNO2. The molecule has 0 rings (SSSR count). The van der Waals surface area contributed by atoms with E-state index in [9.17, 15) is 9.59 Å². The molecule has 4 heteroatoms. The number of alkyl halides is 1. The number of carbonyl (C=O) groups excluding carboxylic acids is 2. The van der Waals surface area contributed by atoms with Crippen molar-refractivity contribution in [1.29, 1.82) is 0 Å². The number of hydrogen-bond donors (Lipinski definition) is 0. The van der Waals surface area contributed by atoms with Crippen molar-refractivity contribution < 1.29 is 9.59 Å². The Labute approximate surface area is 65.0 Å². The van der Waals surface area contributed by atoms with Crippen molar-refractivity contribution in [2.24, 2.45) is 0 Å². The van der Waals surface area contributed by atoms with Gasteiger partial charge in [0.05, 0.1) is 12.4 Å². The molecule has 10 heavy (non-hydrogen) atoms. The van der Waals surface area contributed by atoms with E-state index in [1.165, 1.54) is 11.8 Å². The number of ketones is 1. The lowest BCUT2D eigenvalue weighted by atomic mass is 10.4. The Morgan fingerprint density at radius 1 is 1.50 bits per heavy atom. The molecule has 0 aromatic rings. The minimum atomic E-state index is -0.139. The number of likely N-dealkylation sites (N-methyl/N-ethyl adjacent to an activating group) is 1. The molecule has 58 valence electrons. The molecule has 0 radical (unpaired) electrons. The van der Waals surface area contributed by atoms with Crippen LogP contribution in [0, 0.1) is 0 Å². The first-order valence-corrected chi connectivity index (χ1v) is 3.40. The molecule has 0 aromatic carbocycles. The summed E-state index contributed by atoms with van der Waals surface area (Å²) in [5.74, 6) is -0.296. The zero-order valence-electron chi connectivity index (χ0n) is 6.06. The normalized spacial score (nSPS) is 9.10. The van der Waals surface area contributed by atoms with Crippen molar-refractivity contribution in [2.75, 3.05) is 19.5 Å². The van der Waals surface area contributed by atoms with Crippen LogP contribution in [0.4, 0.5) is 0 Å². The molecular weight excluding hydrogens is 154 g/mol. The molecule has 0 saturated carbocycles. The molecule has 0 heterocycles. The summed E-state index contributed by atoms with van der Waals surface area (Å²) >= 11 is 5.21. The molecule has 0 aromatic heterocycles. The first-order chi connectivity index (χ1) is 4.57. The fourth-order valence-corrected chi connectivity index (χ4v) is 0.503. The van der Waals surface area contributed by atoms with Gasteiger partial charge in [-0.1, -0.05) is 0 Å². The largest absolute Gasteiger partial charge is 0.339 e. The van der Waals surface area contributed by atoms with Gasteiger partial charge in [-0.05, 0) is 0 Å². The number of Topliss-reactive ketones (excluding diaryl/α,β-unsaturated/α-hetero) is 1. The van der Waals surface area contributed by atoms with Gasteiger partial charge in [0.15, 0.2) is 5.78 Å². The number of nitrogens with zero attached hydrogens (tertiary/aromatic N) is 1. The molecule has 0 saturated heterocycles. The van der Waals surface area contributed by atoms with Gasteiger partial charge in [0.1, 0.15) is 0 Å². The zero-order valence-corrected chi connectivity index (χ0v) is 6.81. The van der Waals surface area contributed by atoms with Gasteiger partial charge >= 0.3 is 0 Å². The van der Waals surface area contributed by atoms with Crippen molar-refractivity contribution in [1.82, 2.24) is 4.90 Å². The van der Waals surface area contributed by atoms with Gasteiger partial charge in [0, 0.05) is 14.0 Å². The third-order valence-corrected chi connectivity index (χ3v) is 1.40. The third kappa shape index (κ3) is 3.45. The van der Waals surface area contributed by atoms with E-state index in [0.717, 1.165) is 0 Å². The van der Waals surface area contributed by atoms with E-state index in [1.807, 2.05) is 0 Å². The zero-order chi connectivity index (χ0) is 8.15. The van der Waals surface area contributed by atoms with E-state index in [-0.39, 0.29) is 24.1 Å². The van der Waals surface area contributed by atoms with Crippen molar-refractivity contribution in [2.45, 2.75) is 6.92 Å². The molecule has 0 unspecified atom stereocenters. The average molecular weight is 164 g/mol. The molecule has 0 atom stereocenters. The Morgan fingerprint density at radius 3 is 2.30 bits per heavy atom. The van der Waals surface area contributed by atoms with E-state index >= 15 is 0 Å². The second kappa shape index (κ2) is 4.28. The smallest absolute Gasteiger partial charge is 0.219 e. The number of rotatable bonds is 3. The van der Waals surface area contributed by atoms with Gasteiger partial charge in [-0.15, -0.1) is 11.6 Å². The summed E-state index contributed by atoms with van der Waals surface area (Å²) in [4.78, 5) is 22.5. The Bertz CT molecular complexity index is 147. The summed E-state index contributed by atoms with van der Waals surface area (Å²) in [6, 6.07) is 0. The topological polar surface area (TPSA) is 37.4 Å². The quantitative estimate of drug-likeness (QED) is 0.561. The molecule has 0 aliphatic carbocycles. The predicted octanol–water partition coefficient (Wildman–Crippen LogP) is 0.273. The minimum absolute atomic E-state index is 0.0301. The maximum atomic E-state index is 10.6. The first-order valence-electron chi connectivity index (χ1n) is 2.87. The van der Waals surface area contributed by atoms with Crippen LogP contribution in [0.5, 0.6) is 0 Å². The summed E-state index contributed by atoms with van der Waals surface area (Å²) in [6.45, 7) is 1.51. The molecule has 0 spiro atoms. The second-order valence-electron chi connectivity index (χ2n) is 2.05. The molecule has 0 aliphatic rings. The second-order valence-corrected chi connectivity index (χ2v) is 2.31. The SMILES string of the molecule is CC(=O)N(C)CC(=O)CCl. The van der Waals surface area contributed by atoms with Crippen LogP contribution in [0.3, 0.4) is 0 Å². The van der Waals surface area contributed by atoms with Crippen LogP contribution in [-0.2, 0) is 9.59 Å². The summed E-state index contributed by atoms with van der Waals surface area (Å²) in [5, 5.41) is 0. The molecule has 0 fully saturated rings. The first kappa shape index (κ1) is 9.43. The number of carbonyl (C=O) groups is 2. The summed E-state index contributed by atoms with van der Waals surface area (Å²) in [5.41, 5.74) is 0. The van der Waals surface area contributed by atoms with E-state index in [0.29, 0.717) is 0 Å². The lowest BCUT2D eigenvalue weighted by Crippen LogP contribution is -2.30. The van der Waals surface area contributed by atoms with E-state index in [2.05, 4.69) is 0 Å². The lowest BCUT2D eigenvalue weighted by molar-refractivity contribution is -0.131. The Balaban J connectivity index is 3.68. The minimum Gasteiger partial charge on any atom is -0.339 e. The van der Waals surface area contributed by atoms with Gasteiger partial charge in [-0.25, -0.2) is 0 Å². The fourth-order valence-electron chi connectivity index (χ4n) is 0.418. The maximum Gasteiger partial charge on any atom is 0.219 e. The van der Waals surface area contributed by atoms with E-state index in [1.54, 1.807) is 7.05 Å². The van der Waals surface area contributed by atoms with E-state index < -0.39 is 0 Å². The molecule has 1 amide bonds. The van der Waals surface area contributed by atoms with Crippen molar-refractivity contribution in [3.63, 3.8) is 0 Å². The lowest BCUT2D eigenvalue weighted by Gasteiger charge is -2.11. The Morgan fingerprint density at radius 2 is 2.00 bits per heavy atom. The van der Waals surface area contributed by atoms with Crippen LogP contribution in [0.15, 0.2) is 0 Å².